The lowest BCUT2D eigenvalue weighted by molar-refractivity contribution is -0.136. The third kappa shape index (κ3) is 3.33. The first-order valence-corrected chi connectivity index (χ1v) is 10.3. The van der Waals surface area contributed by atoms with Crippen molar-refractivity contribution in [2.24, 2.45) is 5.92 Å². The molecule has 2 aliphatic rings. The maximum Gasteiger partial charge on any atom is 0.336 e. The van der Waals surface area contributed by atoms with Gasteiger partial charge >= 0.3 is 5.97 Å². The second-order valence-corrected chi connectivity index (χ2v) is 9.25. The highest BCUT2D eigenvalue weighted by atomic mass is 32.2. The van der Waals surface area contributed by atoms with Gasteiger partial charge in [0.1, 0.15) is 4.21 Å². The first-order valence-electron chi connectivity index (χ1n) is 8.00. The Kier molecular flexibility index (Phi) is 4.93. The average molecular weight is 372 g/mol. The summed E-state index contributed by atoms with van der Waals surface area (Å²) in [5.74, 6) is -0.892. The van der Waals surface area contributed by atoms with Crippen molar-refractivity contribution in [2.75, 3.05) is 26.2 Å². The van der Waals surface area contributed by atoms with E-state index in [4.69, 9.17) is 5.11 Å². The molecule has 1 aromatic rings. The quantitative estimate of drug-likeness (QED) is 0.864. The Morgan fingerprint density at radius 1 is 1.12 bits per heavy atom. The molecule has 1 saturated heterocycles. The number of thiophene rings is 1. The van der Waals surface area contributed by atoms with Crippen LogP contribution in [-0.4, -0.2) is 60.8 Å². The van der Waals surface area contributed by atoms with Crippen molar-refractivity contribution in [3.63, 3.8) is 0 Å². The minimum absolute atomic E-state index is 0.0198. The molecule has 132 valence electrons. The van der Waals surface area contributed by atoms with E-state index in [2.05, 4.69) is 0 Å². The molecule has 1 N–H and O–H groups in total. The van der Waals surface area contributed by atoms with Gasteiger partial charge in [0.25, 0.3) is 10.0 Å². The Morgan fingerprint density at radius 2 is 1.75 bits per heavy atom. The lowest BCUT2D eigenvalue weighted by Crippen LogP contribution is -2.51. The molecular formula is C15H20N2O5S2. The maximum atomic E-state index is 12.6. The molecule has 1 amide bonds. The number of carbonyl (C=O) groups excluding carboxylic acids is 1. The Bertz CT molecular complexity index is 729. The summed E-state index contributed by atoms with van der Waals surface area (Å²) in [5, 5.41) is 10.3. The van der Waals surface area contributed by atoms with Gasteiger partial charge in [0, 0.05) is 37.5 Å². The summed E-state index contributed by atoms with van der Waals surface area (Å²) < 4.78 is 26.6. The van der Waals surface area contributed by atoms with Crippen LogP contribution in [0.1, 0.15) is 36.0 Å². The van der Waals surface area contributed by atoms with Crippen molar-refractivity contribution in [3.8, 4) is 0 Å². The number of sulfonamides is 1. The predicted molar refractivity (Wildman–Crippen MR) is 88.6 cm³/mol. The van der Waals surface area contributed by atoms with Crippen LogP contribution in [0.5, 0.6) is 0 Å². The van der Waals surface area contributed by atoms with Gasteiger partial charge in [-0.05, 0) is 18.9 Å². The second-order valence-electron chi connectivity index (χ2n) is 6.17. The van der Waals surface area contributed by atoms with Crippen LogP contribution < -0.4 is 0 Å². The van der Waals surface area contributed by atoms with Crippen molar-refractivity contribution in [1.82, 2.24) is 9.21 Å². The highest BCUT2D eigenvalue weighted by molar-refractivity contribution is 7.91. The van der Waals surface area contributed by atoms with Crippen molar-refractivity contribution in [2.45, 2.75) is 29.9 Å². The lowest BCUT2D eigenvalue weighted by atomic mass is 10.1. The van der Waals surface area contributed by atoms with Crippen LogP contribution in [-0.2, 0) is 14.8 Å². The van der Waals surface area contributed by atoms with Crippen LogP contribution >= 0.6 is 11.3 Å². The number of nitrogens with zero attached hydrogens (tertiary/aromatic N) is 2. The molecular weight excluding hydrogens is 352 g/mol. The van der Waals surface area contributed by atoms with Gasteiger partial charge in [-0.25, -0.2) is 13.2 Å². The summed E-state index contributed by atoms with van der Waals surface area (Å²) in [6, 6.07) is 1.19. The van der Waals surface area contributed by atoms with Gasteiger partial charge in [0.05, 0.1) is 5.56 Å². The zero-order valence-electron chi connectivity index (χ0n) is 13.2. The number of piperazine rings is 1. The van der Waals surface area contributed by atoms with Crippen molar-refractivity contribution in [3.05, 3.63) is 17.0 Å². The molecule has 3 rings (SSSR count). The molecule has 7 nitrogen and oxygen atoms in total. The number of aromatic carboxylic acids is 1. The minimum atomic E-state index is -3.69. The summed E-state index contributed by atoms with van der Waals surface area (Å²) in [6.45, 7) is 1.29. The summed E-state index contributed by atoms with van der Waals surface area (Å²) >= 11 is 0.915. The third-order valence-electron chi connectivity index (χ3n) is 4.67. The number of amides is 1. The largest absolute Gasteiger partial charge is 0.478 e. The molecule has 1 aromatic heterocycles. The van der Waals surface area contributed by atoms with E-state index in [1.54, 1.807) is 4.90 Å². The fourth-order valence-electron chi connectivity index (χ4n) is 3.27. The highest BCUT2D eigenvalue weighted by Gasteiger charge is 2.34. The molecule has 9 heteroatoms. The molecule has 0 unspecified atom stereocenters. The first kappa shape index (κ1) is 17.4. The third-order valence-corrected chi connectivity index (χ3v) is 7.99. The monoisotopic (exact) mass is 372 g/mol. The van der Waals surface area contributed by atoms with Crippen LogP contribution in [0.2, 0.25) is 0 Å². The number of hydrogen-bond acceptors (Lipinski definition) is 5. The molecule has 0 bridgehead atoms. The van der Waals surface area contributed by atoms with Gasteiger partial charge < -0.3 is 10.0 Å². The van der Waals surface area contributed by atoms with E-state index in [0.29, 0.717) is 13.1 Å². The summed E-state index contributed by atoms with van der Waals surface area (Å²) in [4.78, 5) is 25.1. The molecule has 0 aromatic carbocycles. The zero-order chi connectivity index (χ0) is 17.3. The van der Waals surface area contributed by atoms with E-state index in [1.165, 1.54) is 15.8 Å². The molecule has 24 heavy (non-hydrogen) atoms. The molecule has 1 saturated carbocycles. The number of carboxylic acids is 1. The summed E-state index contributed by atoms with van der Waals surface area (Å²) in [6.07, 6.45) is 4.05. The molecule has 2 fully saturated rings. The van der Waals surface area contributed by atoms with Gasteiger partial charge in [0.2, 0.25) is 5.91 Å². The predicted octanol–water partition coefficient (Wildman–Crippen LogP) is 1.47. The Balaban J connectivity index is 1.64. The van der Waals surface area contributed by atoms with Crippen LogP contribution in [0.25, 0.3) is 0 Å². The van der Waals surface area contributed by atoms with E-state index in [0.717, 1.165) is 37.0 Å². The standard InChI is InChI=1S/C15H20N2O5S2/c18-14(11-3-1-2-4-11)16-5-7-17(8-6-16)24(21,22)13-9-12(10-23-13)15(19)20/h9-11H,1-8H2,(H,19,20). The topological polar surface area (TPSA) is 95.0 Å². The van der Waals surface area contributed by atoms with Gasteiger partial charge in [-0.3, -0.25) is 4.79 Å². The fraction of sp³-hybridized carbons (Fsp3) is 0.600. The van der Waals surface area contributed by atoms with Crippen LogP contribution in [0.4, 0.5) is 0 Å². The average Bonchev–Trinajstić information content (AvgIpc) is 3.26. The van der Waals surface area contributed by atoms with Gasteiger partial charge in [-0.2, -0.15) is 4.31 Å². The van der Waals surface area contributed by atoms with Crippen molar-refractivity contribution in [1.29, 1.82) is 0 Å². The van der Waals surface area contributed by atoms with E-state index >= 15 is 0 Å². The Morgan fingerprint density at radius 3 is 2.29 bits per heavy atom. The fourth-order valence-corrected chi connectivity index (χ4v) is 6.00. The smallest absolute Gasteiger partial charge is 0.336 e. The normalized spacial score (nSPS) is 20.4. The van der Waals surface area contributed by atoms with Gasteiger partial charge in [-0.1, -0.05) is 12.8 Å². The molecule has 1 aliphatic heterocycles. The first-order chi connectivity index (χ1) is 11.4. The van der Waals surface area contributed by atoms with Crippen LogP contribution in [0.15, 0.2) is 15.7 Å². The number of carbonyl (C=O) groups is 2. The Hall–Kier alpha value is -1.45. The Labute approximate surface area is 144 Å². The van der Waals surface area contributed by atoms with E-state index in [9.17, 15) is 18.0 Å². The molecule has 0 radical (unpaired) electrons. The van der Waals surface area contributed by atoms with Crippen LogP contribution in [0, 0.1) is 5.92 Å². The van der Waals surface area contributed by atoms with E-state index < -0.39 is 16.0 Å². The number of hydrogen-bond donors (Lipinski definition) is 1. The summed E-state index contributed by atoms with van der Waals surface area (Å²) in [7, 11) is -3.69. The van der Waals surface area contributed by atoms with Crippen molar-refractivity contribution >= 4 is 33.2 Å². The van der Waals surface area contributed by atoms with Crippen molar-refractivity contribution < 1.29 is 23.1 Å². The second kappa shape index (κ2) is 6.81. The summed E-state index contributed by atoms with van der Waals surface area (Å²) in [5.41, 5.74) is -0.0198. The zero-order valence-corrected chi connectivity index (χ0v) is 14.8. The van der Waals surface area contributed by atoms with Crippen LogP contribution in [0.3, 0.4) is 0 Å². The molecule has 0 atom stereocenters. The highest BCUT2D eigenvalue weighted by Crippen LogP contribution is 2.28. The van der Waals surface area contributed by atoms with E-state index in [1.807, 2.05) is 0 Å². The SMILES string of the molecule is O=C(O)c1csc(S(=O)(=O)N2CCN(C(=O)C3CCCC3)CC2)c1. The van der Waals surface area contributed by atoms with Gasteiger partial charge in [-0.15, -0.1) is 11.3 Å². The lowest BCUT2D eigenvalue weighted by Gasteiger charge is -2.35. The molecule has 0 spiro atoms. The maximum absolute atomic E-state index is 12.6. The number of carboxylic acid groups (broad SMARTS) is 1. The minimum Gasteiger partial charge on any atom is -0.478 e. The number of rotatable bonds is 4. The molecule has 2 heterocycles. The van der Waals surface area contributed by atoms with E-state index in [-0.39, 0.29) is 34.7 Å². The van der Waals surface area contributed by atoms with Gasteiger partial charge in [0.15, 0.2) is 0 Å². The molecule has 1 aliphatic carbocycles.